The van der Waals surface area contributed by atoms with E-state index in [-0.39, 0.29) is 23.5 Å². The average Bonchev–Trinajstić information content (AvgIpc) is 2.67. The van der Waals surface area contributed by atoms with E-state index >= 15 is 0 Å². The van der Waals surface area contributed by atoms with Crippen LogP contribution in [0.5, 0.6) is 0 Å². The molecule has 1 amide bonds. The van der Waals surface area contributed by atoms with Crippen LogP contribution < -0.4 is 4.72 Å². The van der Waals surface area contributed by atoms with Crippen LogP contribution >= 0.6 is 0 Å². The number of hydrogen-bond donors (Lipinski definition) is 1. The summed E-state index contributed by atoms with van der Waals surface area (Å²) in [5.74, 6) is -0.259. The molecule has 1 aliphatic rings. The first kappa shape index (κ1) is 18.6. The van der Waals surface area contributed by atoms with Crippen LogP contribution in [-0.2, 0) is 19.6 Å². The third kappa shape index (κ3) is 4.49. The molecule has 2 aromatic carbocycles. The third-order valence-electron chi connectivity index (χ3n) is 4.30. The van der Waals surface area contributed by atoms with E-state index in [1.165, 1.54) is 6.07 Å². The number of nitrogens with zero attached hydrogens (tertiary/aromatic N) is 1. The number of amides is 1. The van der Waals surface area contributed by atoms with Gasteiger partial charge in [0.2, 0.25) is 15.9 Å². The Bertz CT molecular complexity index is 868. The van der Waals surface area contributed by atoms with Crippen molar-refractivity contribution in [1.82, 2.24) is 9.62 Å². The Morgan fingerprint density at radius 3 is 2.69 bits per heavy atom. The Morgan fingerprint density at radius 1 is 1.19 bits per heavy atom. The molecule has 26 heavy (non-hydrogen) atoms. The van der Waals surface area contributed by atoms with Gasteiger partial charge >= 0.3 is 0 Å². The van der Waals surface area contributed by atoms with E-state index in [0.29, 0.717) is 19.7 Å². The van der Waals surface area contributed by atoms with E-state index in [0.717, 1.165) is 11.1 Å². The quantitative estimate of drug-likeness (QED) is 0.867. The third-order valence-corrected chi connectivity index (χ3v) is 5.70. The standard InChI is InChI=1S/C19H22N2O4S/c1-15-6-5-9-17(12-15)26(23,24)20-13-19(22)21-10-11-25-18(14-21)16-7-3-2-4-8-16/h2-9,12,18,20H,10-11,13-14H2,1H3. The second-order valence-corrected chi connectivity index (χ2v) is 8.02. The number of aryl methyl sites for hydroxylation is 1. The highest BCUT2D eigenvalue weighted by atomic mass is 32.2. The van der Waals surface area contributed by atoms with Gasteiger partial charge in [-0.2, -0.15) is 0 Å². The molecule has 0 bridgehead atoms. The smallest absolute Gasteiger partial charge is 0.241 e. The molecule has 1 atom stereocenters. The number of hydrogen-bond acceptors (Lipinski definition) is 4. The summed E-state index contributed by atoms with van der Waals surface area (Å²) < 4.78 is 32.8. The Kier molecular flexibility index (Phi) is 5.70. The monoisotopic (exact) mass is 374 g/mol. The van der Waals surface area contributed by atoms with E-state index in [2.05, 4.69) is 4.72 Å². The van der Waals surface area contributed by atoms with Gasteiger partial charge in [-0.15, -0.1) is 0 Å². The van der Waals surface area contributed by atoms with Crippen molar-refractivity contribution in [3.63, 3.8) is 0 Å². The van der Waals surface area contributed by atoms with Gasteiger partial charge < -0.3 is 9.64 Å². The predicted molar refractivity (Wildman–Crippen MR) is 98.1 cm³/mol. The Labute approximate surface area is 153 Å². The Morgan fingerprint density at radius 2 is 1.96 bits per heavy atom. The molecule has 3 rings (SSSR count). The molecule has 138 valence electrons. The van der Waals surface area contributed by atoms with Gasteiger partial charge in [-0.1, -0.05) is 42.5 Å². The van der Waals surface area contributed by atoms with Crippen LogP contribution in [0, 0.1) is 6.92 Å². The minimum absolute atomic E-state index is 0.162. The first-order valence-electron chi connectivity index (χ1n) is 8.46. The second kappa shape index (κ2) is 7.99. The number of benzene rings is 2. The minimum Gasteiger partial charge on any atom is -0.370 e. The van der Waals surface area contributed by atoms with Crippen molar-refractivity contribution in [2.24, 2.45) is 0 Å². The SMILES string of the molecule is Cc1cccc(S(=O)(=O)NCC(=O)N2CCOC(c3ccccc3)C2)c1. The molecular formula is C19H22N2O4S. The number of nitrogens with one attached hydrogen (secondary N) is 1. The maximum absolute atomic E-state index is 12.5. The largest absolute Gasteiger partial charge is 0.370 e. The zero-order valence-electron chi connectivity index (χ0n) is 14.6. The molecule has 7 heteroatoms. The van der Waals surface area contributed by atoms with Crippen molar-refractivity contribution in [1.29, 1.82) is 0 Å². The summed E-state index contributed by atoms with van der Waals surface area (Å²) in [5.41, 5.74) is 1.85. The number of carbonyl (C=O) groups excluding carboxylic acids is 1. The fourth-order valence-corrected chi connectivity index (χ4v) is 3.96. The maximum atomic E-state index is 12.5. The molecule has 0 aliphatic carbocycles. The maximum Gasteiger partial charge on any atom is 0.241 e. The molecule has 0 aromatic heterocycles. The lowest BCUT2D eigenvalue weighted by Gasteiger charge is -2.33. The molecule has 1 fully saturated rings. The van der Waals surface area contributed by atoms with Gasteiger partial charge in [-0.05, 0) is 30.2 Å². The van der Waals surface area contributed by atoms with Crippen LogP contribution in [0.15, 0.2) is 59.5 Å². The van der Waals surface area contributed by atoms with E-state index < -0.39 is 10.0 Å². The highest BCUT2D eigenvalue weighted by Crippen LogP contribution is 2.22. The van der Waals surface area contributed by atoms with Gasteiger partial charge in [0, 0.05) is 6.54 Å². The molecule has 1 aliphatic heterocycles. The van der Waals surface area contributed by atoms with Crippen LogP contribution in [0.3, 0.4) is 0 Å². The van der Waals surface area contributed by atoms with Crippen molar-refractivity contribution in [3.05, 3.63) is 65.7 Å². The highest BCUT2D eigenvalue weighted by Gasteiger charge is 2.26. The molecule has 6 nitrogen and oxygen atoms in total. The van der Waals surface area contributed by atoms with E-state index in [9.17, 15) is 13.2 Å². The molecule has 1 unspecified atom stereocenters. The van der Waals surface area contributed by atoms with Crippen molar-refractivity contribution in [2.75, 3.05) is 26.2 Å². The van der Waals surface area contributed by atoms with E-state index in [1.807, 2.05) is 43.3 Å². The van der Waals surface area contributed by atoms with Crippen LogP contribution in [-0.4, -0.2) is 45.5 Å². The van der Waals surface area contributed by atoms with Crippen molar-refractivity contribution >= 4 is 15.9 Å². The summed E-state index contributed by atoms with van der Waals surface area (Å²) in [4.78, 5) is 14.3. The summed E-state index contributed by atoms with van der Waals surface area (Å²) >= 11 is 0. The minimum atomic E-state index is -3.71. The Hall–Kier alpha value is -2.22. The number of ether oxygens (including phenoxy) is 1. The van der Waals surface area contributed by atoms with Gasteiger partial charge in [0.25, 0.3) is 0 Å². The number of carbonyl (C=O) groups is 1. The van der Waals surface area contributed by atoms with Crippen molar-refractivity contribution in [3.8, 4) is 0 Å². The lowest BCUT2D eigenvalue weighted by atomic mass is 10.1. The average molecular weight is 374 g/mol. The predicted octanol–water partition coefficient (Wildman–Crippen LogP) is 1.87. The molecule has 0 radical (unpaired) electrons. The summed E-state index contributed by atoms with van der Waals surface area (Å²) in [5, 5.41) is 0. The van der Waals surface area contributed by atoms with Crippen LogP contribution in [0.25, 0.3) is 0 Å². The molecule has 0 saturated carbocycles. The number of sulfonamides is 1. The molecule has 1 heterocycles. The highest BCUT2D eigenvalue weighted by molar-refractivity contribution is 7.89. The molecule has 2 aromatic rings. The second-order valence-electron chi connectivity index (χ2n) is 6.25. The fourth-order valence-electron chi connectivity index (χ4n) is 2.88. The Balaban J connectivity index is 1.61. The topological polar surface area (TPSA) is 75.7 Å². The summed E-state index contributed by atoms with van der Waals surface area (Å²) in [6.45, 7) is 2.85. The van der Waals surface area contributed by atoms with Crippen LogP contribution in [0.1, 0.15) is 17.2 Å². The van der Waals surface area contributed by atoms with Crippen molar-refractivity contribution in [2.45, 2.75) is 17.9 Å². The summed E-state index contributed by atoms with van der Waals surface area (Å²) in [7, 11) is -3.71. The summed E-state index contributed by atoms with van der Waals surface area (Å²) in [6, 6.07) is 16.3. The first-order valence-corrected chi connectivity index (χ1v) is 9.95. The van der Waals surface area contributed by atoms with Crippen LogP contribution in [0.4, 0.5) is 0 Å². The van der Waals surface area contributed by atoms with Gasteiger partial charge in [-0.25, -0.2) is 13.1 Å². The lowest BCUT2D eigenvalue weighted by molar-refractivity contribution is -0.137. The summed E-state index contributed by atoms with van der Waals surface area (Å²) in [6.07, 6.45) is -0.192. The van der Waals surface area contributed by atoms with E-state index in [1.54, 1.807) is 17.0 Å². The van der Waals surface area contributed by atoms with Gasteiger partial charge in [-0.3, -0.25) is 4.79 Å². The zero-order chi connectivity index (χ0) is 18.6. The molecular weight excluding hydrogens is 352 g/mol. The normalized spacial score (nSPS) is 17.9. The fraction of sp³-hybridized carbons (Fsp3) is 0.316. The number of morpholine rings is 1. The van der Waals surface area contributed by atoms with Gasteiger partial charge in [0.15, 0.2) is 0 Å². The molecule has 1 saturated heterocycles. The lowest BCUT2D eigenvalue weighted by Crippen LogP contribution is -2.46. The molecule has 0 spiro atoms. The van der Waals surface area contributed by atoms with Crippen LogP contribution in [0.2, 0.25) is 0 Å². The molecule has 1 N–H and O–H groups in total. The van der Waals surface area contributed by atoms with E-state index in [4.69, 9.17) is 4.74 Å². The zero-order valence-corrected chi connectivity index (χ0v) is 15.4. The van der Waals surface area contributed by atoms with Gasteiger partial charge in [0.05, 0.1) is 24.6 Å². The van der Waals surface area contributed by atoms with Gasteiger partial charge in [0.1, 0.15) is 6.10 Å². The van der Waals surface area contributed by atoms with Crippen molar-refractivity contribution < 1.29 is 17.9 Å². The number of rotatable bonds is 5. The first-order chi connectivity index (χ1) is 12.5.